The number of furan rings is 1. The van der Waals surface area contributed by atoms with Crippen LogP contribution in [0.3, 0.4) is 0 Å². The molecule has 1 atom stereocenters. The summed E-state index contributed by atoms with van der Waals surface area (Å²) in [6.07, 6.45) is 1.63. The van der Waals surface area contributed by atoms with Crippen molar-refractivity contribution in [1.82, 2.24) is 4.57 Å². The van der Waals surface area contributed by atoms with Crippen LogP contribution >= 0.6 is 11.3 Å². The van der Waals surface area contributed by atoms with Gasteiger partial charge in [0.25, 0.3) is 5.56 Å². The summed E-state index contributed by atoms with van der Waals surface area (Å²) in [6.45, 7) is 5.06. The van der Waals surface area contributed by atoms with E-state index in [9.17, 15) is 18.8 Å². The fourth-order valence-electron chi connectivity index (χ4n) is 4.34. The minimum absolute atomic E-state index is 0.0210. The molecule has 38 heavy (non-hydrogen) atoms. The number of rotatable bonds is 6. The molecule has 2 aromatic carbocycles. The first-order chi connectivity index (χ1) is 18.3. The Labute approximate surface area is 220 Å². The second-order valence-corrected chi connectivity index (χ2v) is 9.70. The standard InChI is InChI=1S/C29H23FN2O5S/c1-4-36-28(35)25-16(2)31-29-32(26(25)20-9-11-21(30)12-10-20)27(34)24(38-29)15-22-13-14-23(37-22)19-7-5-18(6-8-19)17(3)33/h5-15,26H,4H2,1-3H3. The molecule has 0 amide bonds. The number of carbonyl (C=O) groups excluding carboxylic acids is 2. The van der Waals surface area contributed by atoms with Crippen LogP contribution in [0.2, 0.25) is 0 Å². The van der Waals surface area contributed by atoms with Gasteiger partial charge in [0.2, 0.25) is 0 Å². The van der Waals surface area contributed by atoms with E-state index in [-0.39, 0.29) is 23.5 Å². The van der Waals surface area contributed by atoms with Crippen molar-refractivity contribution in [1.29, 1.82) is 0 Å². The van der Waals surface area contributed by atoms with E-state index in [0.717, 1.165) is 5.56 Å². The lowest BCUT2D eigenvalue weighted by Crippen LogP contribution is -2.39. The predicted molar refractivity (Wildman–Crippen MR) is 141 cm³/mol. The van der Waals surface area contributed by atoms with E-state index < -0.39 is 17.8 Å². The van der Waals surface area contributed by atoms with Gasteiger partial charge in [-0.1, -0.05) is 47.7 Å². The van der Waals surface area contributed by atoms with Gasteiger partial charge in [-0.3, -0.25) is 14.2 Å². The van der Waals surface area contributed by atoms with Crippen LogP contribution < -0.4 is 14.9 Å². The number of thiazole rings is 1. The molecule has 1 unspecified atom stereocenters. The average Bonchev–Trinajstić information content (AvgIpc) is 3.48. The number of aromatic nitrogens is 1. The van der Waals surface area contributed by atoms with Crippen LogP contribution in [-0.4, -0.2) is 22.9 Å². The van der Waals surface area contributed by atoms with Crippen molar-refractivity contribution in [2.75, 3.05) is 6.61 Å². The Bertz CT molecular complexity index is 1760. The third kappa shape index (κ3) is 4.68. The van der Waals surface area contributed by atoms with Crippen molar-refractivity contribution in [2.45, 2.75) is 26.8 Å². The third-order valence-corrected chi connectivity index (χ3v) is 7.16. The number of ketones is 1. The lowest BCUT2D eigenvalue weighted by atomic mass is 9.96. The maximum atomic E-state index is 13.7. The Kier molecular flexibility index (Phi) is 6.77. The van der Waals surface area contributed by atoms with Gasteiger partial charge < -0.3 is 9.15 Å². The molecule has 7 nitrogen and oxygen atoms in total. The number of hydrogen-bond donors (Lipinski definition) is 0. The first kappa shape index (κ1) is 25.3. The van der Waals surface area contributed by atoms with Gasteiger partial charge in [0.05, 0.1) is 28.5 Å². The Hall–Kier alpha value is -4.37. The summed E-state index contributed by atoms with van der Waals surface area (Å²) in [5.41, 5.74) is 2.26. The number of allylic oxidation sites excluding steroid dienone is 1. The molecule has 9 heteroatoms. The monoisotopic (exact) mass is 530 g/mol. The maximum absolute atomic E-state index is 13.7. The van der Waals surface area contributed by atoms with Gasteiger partial charge in [0, 0.05) is 17.2 Å². The molecule has 0 bridgehead atoms. The smallest absolute Gasteiger partial charge is 0.338 e. The molecule has 5 rings (SSSR count). The second-order valence-electron chi connectivity index (χ2n) is 8.69. The molecular formula is C29H23FN2O5S. The normalized spacial score (nSPS) is 15.3. The van der Waals surface area contributed by atoms with Crippen molar-refractivity contribution in [3.05, 3.63) is 114 Å². The summed E-state index contributed by atoms with van der Waals surface area (Å²) < 4.78 is 26.7. The quantitative estimate of drug-likeness (QED) is 0.272. The molecule has 1 aliphatic heterocycles. The van der Waals surface area contributed by atoms with E-state index >= 15 is 0 Å². The summed E-state index contributed by atoms with van der Waals surface area (Å²) >= 11 is 1.17. The van der Waals surface area contributed by atoms with Crippen LogP contribution in [0.25, 0.3) is 17.4 Å². The summed E-state index contributed by atoms with van der Waals surface area (Å²) in [5, 5.41) is 0. The summed E-state index contributed by atoms with van der Waals surface area (Å²) in [4.78, 5) is 43.0. The average molecular weight is 531 g/mol. The van der Waals surface area contributed by atoms with Crippen molar-refractivity contribution in [2.24, 2.45) is 4.99 Å². The molecule has 0 fully saturated rings. The molecule has 192 valence electrons. The van der Waals surface area contributed by atoms with Crippen LogP contribution in [0.5, 0.6) is 0 Å². The van der Waals surface area contributed by atoms with Crippen LogP contribution in [0.15, 0.2) is 86.1 Å². The van der Waals surface area contributed by atoms with Gasteiger partial charge in [0.1, 0.15) is 17.3 Å². The lowest BCUT2D eigenvalue weighted by molar-refractivity contribution is -0.139. The van der Waals surface area contributed by atoms with Gasteiger partial charge in [-0.2, -0.15) is 0 Å². The van der Waals surface area contributed by atoms with Gasteiger partial charge in [-0.15, -0.1) is 0 Å². The summed E-state index contributed by atoms with van der Waals surface area (Å²) in [5.74, 6) is 0.0182. The topological polar surface area (TPSA) is 90.9 Å². The van der Waals surface area contributed by atoms with Crippen LogP contribution in [-0.2, 0) is 9.53 Å². The Morgan fingerprint density at radius 1 is 1.11 bits per heavy atom. The number of halogens is 1. The Balaban J connectivity index is 1.59. The van der Waals surface area contributed by atoms with Crippen molar-refractivity contribution < 1.29 is 23.1 Å². The highest BCUT2D eigenvalue weighted by Crippen LogP contribution is 2.31. The Morgan fingerprint density at radius 2 is 1.82 bits per heavy atom. The minimum atomic E-state index is -0.819. The highest BCUT2D eigenvalue weighted by Gasteiger charge is 2.33. The van der Waals surface area contributed by atoms with Crippen LogP contribution in [0.4, 0.5) is 4.39 Å². The van der Waals surface area contributed by atoms with Gasteiger partial charge in [0.15, 0.2) is 10.6 Å². The number of nitrogens with zero attached hydrogens (tertiary/aromatic N) is 2. The number of Topliss-reactive ketones (excluding diaryl/α,β-unsaturated/α-hetero) is 1. The largest absolute Gasteiger partial charge is 0.463 e. The molecule has 1 aliphatic rings. The molecule has 0 saturated carbocycles. The van der Waals surface area contributed by atoms with E-state index in [1.54, 1.807) is 68.5 Å². The number of benzene rings is 2. The number of hydrogen-bond acceptors (Lipinski definition) is 7. The van der Waals surface area contributed by atoms with E-state index in [1.807, 2.05) is 0 Å². The van der Waals surface area contributed by atoms with Crippen molar-refractivity contribution in [3.63, 3.8) is 0 Å². The second kappa shape index (κ2) is 10.2. The maximum Gasteiger partial charge on any atom is 0.338 e. The molecule has 0 N–H and O–H groups in total. The van der Waals surface area contributed by atoms with Crippen LogP contribution in [0.1, 0.15) is 48.5 Å². The molecule has 0 aliphatic carbocycles. The van der Waals surface area contributed by atoms with E-state index in [1.165, 1.54) is 35.0 Å². The van der Waals surface area contributed by atoms with Gasteiger partial charge in [-0.05, 0) is 50.6 Å². The summed E-state index contributed by atoms with van der Waals surface area (Å²) in [6, 6.07) is 15.5. The van der Waals surface area contributed by atoms with E-state index in [4.69, 9.17) is 9.15 Å². The molecule has 4 aromatic rings. The predicted octanol–water partition coefficient (Wildman–Crippen LogP) is 4.40. The molecule has 3 heterocycles. The van der Waals surface area contributed by atoms with E-state index in [2.05, 4.69) is 4.99 Å². The minimum Gasteiger partial charge on any atom is -0.463 e. The highest BCUT2D eigenvalue weighted by atomic mass is 32.1. The lowest BCUT2D eigenvalue weighted by Gasteiger charge is -2.24. The zero-order valence-electron chi connectivity index (χ0n) is 20.9. The number of carbonyl (C=O) groups is 2. The van der Waals surface area contributed by atoms with E-state index in [0.29, 0.717) is 37.7 Å². The summed E-state index contributed by atoms with van der Waals surface area (Å²) in [7, 11) is 0. The van der Waals surface area contributed by atoms with Crippen LogP contribution in [0, 0.1) is 5.82 Å². The van der Waals surface area contributed by atoms with Gasteiger partial charge in [-0.25, -0.2) is 14.2 Å². The SMILES string of the molecule is CCOC(=O)C1=C(C)N=c2sc(=Cc3ccc(-c4ccc(C(C)=O)cc4)o3)c(=O)n2C1c1ccc(F)cc1. The van der Waals surface area contributed by atoms with Crippen molar-refractivity contribution in [3.8, 4) is 11.3 Å². The molecule has 2 aromatic heterocycles. The zero-order valence-corrected chi connectivity index (χ0v) is 21.7. The third-order valence-electron chi connectivity index (χ3n) is 6.18. The first-order valence-corrected chi connectivity index (χ1v) is 12.7. The molecule has 0 saturated heterocycles. The van der Waals surface area contributed by atoms with Gasteiger partial charge >= 0.3 is 5.97 Å². The highest BCUT2D eigenvalue weighted by molar-refractivity contribution is 7.07. The first-order valence-electron chi connectivity index (χ1n) is 11.9. The number of esters is 1. The molecule has 0 spiro atoms. The number of fused-ring (bicyclic) bond motifs is 1. The fraction of sp³-hybridized carbons (Fsp3) is 0.172. The van der Waals surface area contributed by atoms with Crippen molar-refractivity contribution >= 4 is 29.2 Å². The zero-order chi connectivity index (χ0) is 27.0. The molecule has 0 radical (unpaired) electrons. The molecular weight excluding hydrogens is 507 g/mol. The number of ether oxygens (including phenoxy) is 1. The Morgan fingerprint density at radius 3 is 2.47 bits per heavy atom. The fourth-order valence-corrected chi connectivity index (χ4v) is 5.36.